The van der Waals surface area contributed by atoms with Crippen LogP contribution < -0.4 is 4.74 Å². The quantitative estimate of drug-likeness (QED) is 0.881. The van der Waals surface area contributed by atoms with Crippen LogP contribution in [0.15, 0.2) is 24.3 Å². The Kier molecular flexibility index (Phi) is 2.83. The fourth-order valence-corrected chi connectivity index (χ4v) is 2.62. The van der Waals surface area contributed by atoms with E-state index < -0.39 is 23.8 Å². The predicted octanol–water partition coefficient (Wildman–Crippen LogP) is 1.61. The molecule has 2 heterocycles. The summed E-state index contributed by atoms with van der Waals surface area (Å²) < 4.78 is 22.2. The summed E-state index contributed by atoms with van der Waals surface area (Å²) in [6.45, 7) is 3.87. The molecule has 1 aromatic rings. The summed E-state index contributed by atoms with van der Waals surface area (Å²) in [5.74, 6) is -1.06. The number of fused-ring (bicyclic) bond motifs is 2. The maximum Gasteiger partial charge on any atom is 0.197 e. The first-order valence-electron chi connectivity index (χ1n) is 6.30. The minimum absolute atomic E-state index is 0.313. The molecule has 1 aromatic carbocycles. The summed E-state index contributed by atoms with van der Waals surface area (Å²) in [6, 6.07) is 7.44. The van der Waals surface area contributed by atoms with Crippen LogP contribution in [0.1, 0.15) is 25.5 Å². The number of methoxy groups -OCH3 is 1. The molecule has 0 radical (unpaired) electrons. The van der Waals surface area contributed by atoms with Gasteiger partial charge in [0.1, 0.15) is 24.6 Å². The van der Waals surface area contributed by atoms with E-state index in [1.54, 1.807) is 14.0 Å². The summed E-state index contributed by atoms with van der Waals surface area (Å²) >= 11 is 0. The molecule has 4 atom stereocenters. The summed E-state index contributed by atoms with van der Waals surface area (Å²) in [6.07, 6.45) is -1.35. The standard InChI is InChI=1S/C14H18O5/c1-13-8-17-14(2,19-13)12(15)11(18-13)9-4-6-10(16-3)7-5-9/h4-7,11-12,15H,8H2,1-3H3/t11-,12-,13+,14+/m1/s1. The van der Waals surface area contributed by atoms with Gasteiger partial charge in [-0.05, 0) is 31.5 Å². The Labute approximate surface area is 112 Å². The lowest BCUT2D eigenvalue weighted by molar-refractivity contribution is -0.359. The topological polar surface area (TPSA) is 57.2 Å². The second-order valence-electron chi connectivity index (χ2n) is 5.30. The van der Waals surface area contributed by atoms with Crippen molar-refractivity contribution in [2.24, 2.45) is 0 Å². The van der Waals surface area contributed by atoms with Gasteiger partial charge in [-0.25, -0.2) is 0 Å². The van der Waals surface area contributed by atoms with Crippen LogP contribution in [0.25, 0.3) is 0 Å². The number of aliphatic hydroxyl groups is 1. The lowest BCUT2D eigenvalue weighted by Gasteiger charge is -2.42. The highest BCUT2D eigenvalue weighted by Crippen LogP contribution is 2.47. The van der Waals surface area contributed by atoms with Crippen LogP contribution in [-0.4, -0.2) is 36.5 Å². The molecule has 0 spiro atoms. The molecule has 0 amide bonds. The van der Waals surface area contributed by atoms with E-state index in [1.165, 1.54) is 0 Å². The minimum atomic E-state index is -1.02. The first kappa shape index (κ1) is 12.9. The van der Waals surface area contributed by atoms with Crippen molar-refractivity contribution in [1.82, 2.24) is 0 Å². The van der Waals surface area contributed by atoms with Crippen molar-refractivity contribution in [2.75, 3.05) is 13.7 Å². The van der Waals surface area contributed by atoms with Gasteiger partial charge in [0.15, 0.2) is 11.6 Å². The fraction of sp³-hybridized carbons (Fsp3) is 0.571. The number of hydrogen-bond donors (Lipinski definition) is 1. The number of rotatable bonds is 2. The van der Waals surface area contributed by atoms with E-state index in [1.807, 2.05) is 31.2 Å². The third-order valence-corrected chi connectivity index (χ3v) is 3.68. The first-order chi connectivity index (χ1) is 8.96. The largest absolute Gasteiger partial charge is 0.497 e. The third-order valence-electron chi connectivity index (χ3n) is 3.68. The van der Waals surface area contributed by atoms with Crippen LogP contribution in [0.4, 0.5) is 0 Å². The molecule has 0 unspecified atom stereocenters. The van der Waals surface area contributed by atoms with Gasteiger partial charge in [0.2, 0.25) is 0 Å². The number of benzene rings is 1. The van der Waals surface area contributed by atoms with Crippen molar-refractivity contribution in [3.05, 3.63) is 29.8 Å². The molecule has 2 bridgehead atoms. The van der Waals surface area contributed by atoms with E-state index in [0.29, 0.717) is 6.61 Å². The molecule has 2 fully saturated rings. The number of aliphatic hydroxyl groups excluding tert-OH is 1. The van der Waals surface area contributed by atoms with Crippen LogP contribution in [-0.2, 0) is 14.2 Å². The van der Waals surface area contributed by atoms with Gasteiger partial charge in [-0.2, -0.15) is 0 Å². The highest BCUT2D eigenvalue weighted by atomic mass is 16.9. The number of ether oxygens (including phenoxy) is 4. The Morgan fingerprint density at radius 3 is 2.58 bits per heavy atom. The Morgan fingerprint density at radius 1 is 1.26 bits per heavy atom. The fourth-order valence-electron chi connectivity index (χ4n) is 2.62. The van der Waals surface area contributed by atoms with Gasteiger partial charge >= 0.3 is 0 Å². The zero-order chi connectivity index (χ0) is 13.7. The molecule has 0 aliphatic carbocycles. The van der Waals surface area contributed by atoms with Crippen LogP contribution in [0.3, 0.4) is 0 Å². The molecule has 2 saturated heterocycles. The third kappa shape index (κ3) is 2.03. The lowest BCUT2D eigenvalue weighted by atomic mass is 9.97. The summed E-state index contributed by atoms with van der Waals surface area (Å²) in [5.41, 5.74) is 0.875. The van der Waals surface area contributed by atoms with Gasteiger partial charge in [0.05, 0.1) is 7.11 Å². The van der Waals surface area contributed by atoms with Crippen molar-refractivity contribution in [1.29, 1.82) is 0 Å². The van der Waals surface area contributed by atoms with Gasteiger partial charge in [-0.1, -0.05) is 12.1 Å². The molecule has 2 aliphatic rings. The molecule has 5 nitrogen and oxygen atoms in total. The molecule has 0 saturated carbocycles. The molecule has 5 heteroatoms. The average molecular weight is 266 g/mol. The van der Waals surface area contributed by atoms with Gasteiger partial charge in [0.25, 0.3) is 0 Å². The molecule has 3 rings (SSSR count). The van der Waals surface area contributed by atoms with E-state index in [4.69, 9.17) is 18.9 Å². The first-order valence-corrected chi connectivity index (χ1v) is 6.30. The molecular formula is C14H18O5. The van der Waals surface area contributed by atoms with E-state index in [2.05, 4.69) is 0 Å². The van der Waals surface area contributed by atoms with Crippen molar-refractivity contribution in [2.45, 2.75) is 37.6 Å². The Hall–Kier alpha value is -1.14. The average Bonchev–Trinajstić information content (AvgIpc) is 2.68. The minimum Gasteiger partial charge on any atom is -0.497 e. The van der Waals surface area contributed by atoms with Gasteiger partial charge in [-0.15, -0.1) is 0 Å². The molecular weight excluding hydrogens is 248 g/mol. The van der Waals surface area contributed by atoms with Crippen LogP contribution >= 0.6 is 0 Å². The summed E-state index contributed by atoms with van der Waals surface area (Å²) in [5, 5.41) is 10.4. The lowest BCUT2D eigenvalue weighted by Crippen LogP contribution is -2.53. The Morgan fingerprint density at radius 2 is 1.95 bits per heavy atom. The van der Waals surface area contributed by atoms with Gasteiger partial charge in [-0.3, -0.25) is 0 Å². The monoisotopic (exact) mass is 266 g/mol. The molecule has 19 heavy (non-hydrogen) atoms. The highest BCUT2D eigenvalue weighted by molar-refractivity contribution is 5.29. The SMILES string of the molecule is COc1ccc([C@H]2O[C@]3(C)CO[C@@](C)(O3)[C@@H]2O)cc1. The zero-order valence-corrected chi connectivity index (χ0v) is 11.3. The highest BCUT2D eigenvalue weighted by Gasteiger charge is 2.58. The maximum atomic E-state index is 10.4. The molecule has 0 aromatic heterocycles. The Bertz CT molecular complexity index is 473. The maximum absolute atomic E-state index is 10.4. The Balaban J connectivity index is 1.91. The van der Waals surface area contributed by atoms with E-state index >= 15 is 0 Å². The van der Waals surface area contributed by atoms with Crippen LogP contribution in [0.2, 0.25) is 0 Å². The summed E-state index contributed by atoms with van der Waals surface area (Å²) in [4.78, 5) is 0. The zero-order valence-electron chi connectivity index (χ0n) is 11.3. The van der Waals surface area contributed by atoms with E-state index in [-0.39, 0.29) is 0 Å². The second kappa shape index (κ2) is 4.18. The molecule has 2 aliphatic heterocycles. The van der Waals surface area contributed by atoms with Crippen molar-refractivity contribution in [3.63, 3.8) is 0 Å². The second-order valence-corrected chi connectivity index (χ2v) is 5.30. The van der Waals surface area contributed by atoms with Gasteiger partial charge in [0, 0.05) is 0 Å². The van der Waals surface area contributed by atoms with E-state index in [0.717, 1.165) is 11.3 Å². The predicted molar refractivity (Wildman–Crippen MR) is 66.7 cm³/mol. The van der Waals surface area contributed by atoms with Crippen molar-refractivity contribution in [3.8, 4) is 5.75 Å². The molecule has 104 valence electrons. The van der Waals surface area contributed by atoms with Crippen molar-refractivity contribution < 1.29 is 24.1 Å². The smallest absolute Gasteiger partial charge is 0.197 e. The van der Waals surface area contributed by atoms with E-state index in [9.17, 15) is 5.11 Å². The summed E-state index contributed by atoms with van der Waals surface area (Å²) in [7, 11) is 1.62. The normalized spacial score (nSPS) is 41.3. The number of hydrogen-bond acceptors (Lipinski definition) is 5. The van der Waals surface area contributed by atoms with Gasteiger partial charge < -0.3 is 24.1 Å². The van der Waals surface area contributed by atoms with Crippen molar-refractivity contribution >= 4 is 0 Å². The van der Waals surface area contributed by atoms with Crippen LogP contribution in [0, 0.1) is 0 Å². The molecule has 1 N–H and O–H groups in total. The van der Waals surface area contributed by atoms with Crippen LogP contribution in [0.5, 0.6) is 5.75 Å².